The Morgan fingerprint density at radius 1 is 1.08 bits per heavy atom. The molecule has 1 saturated heterocycles. The van der Waals surface area contributed by atoms with Gasteiger partial charge in [0.2, 0.25) is 0 Å². The van der Waals surface area contributed by atoms with E-state index in [0.29, 0.717) is 32.0 Å². The molecule has 4 heteroatoms. The monoisotopic (exact) mass is 354 g/mol. The average molecular weight is 354 g/mol. The highest BCUT2D eigenvalue weighted by Crippen LogP contribution is 2.38. The third kappa shape index (κ3) is 4.32. The minimum absolute atomic E-state index is 0.0161. The average Bonchev–Trinajstić information content (AvgIpc) is 3.08. The lowest BCUT2D eigenvalue weighted by molar-refractivity contribution is -0.150. The van der Waals surface area contributed by atoms with Crippen LogP contribution in [0.25, 0.3) is 0 Å². The molecule has 0 unspecified atom stereocenters. The minimum Gasteiger partial charge on any atom is -0.488 e. The highest BCUT2D eigenvalue weighted by Gasteiger charge is 2.36. The van der Waals surface area contributed by atoms with Crippen molar-refractivity contribution in [3.05, 3.63) is 65.2 Å². The molecule has 2 aromatic carbocycles. The summed E-state index contributed by atoms with van der Waals surface area (Å²) in [4.78, 5) is 12.1. The number of ketones is 1. The molecule has 0 bridgehead atoms. The van der Waals surface area contributed by atoms with Crippen molar-refractivity contribution in [3.63, 3.8) is 0 Å². The van der Waals surface area contributed by atoms with Gasteiger partial charge in [-0.1, -0.05) is 50.2 Å². The summed E-state index contributed by atoms with van der Waals surface area (Å²) >= 11 is 0. The zero-order chi connectivity index (χ0) is 18.6. The molecular weight excluding hydrogens is 328 g/mol. The summed E-state index contributed by atoms with van der Waals surface area (Å²) in [6.45, 7) is 7.31. The number of carbonyl (C=O) groups is 1. The van der Waals surface area contributed by atoms with E-state index in [1.165, 1.54) is 0 Å². The van der Waals surface area contributed by atoms with E-state index < -0.39 is 5.79 Å². The number of hydrogen-bond donors (Lipinski definition) is 0. The minimum atomic E-state index is -0.813. The number of Topliss-reactive ketones (excluding diaryl/α,β-unsaturated/α-hetero) is 1. The summed E-state index contributed by atoms with van der Waals surface area (Å²) in [7, 11) is 0. The highest BCUT2D eigenvalue weighted by molar-refractivity contribution is 5.82. The molecule has 3 rings (SSSR count). The Balaban J connectivity index is 1.87. The molecule has 1 fully saturated rings. The van der Waals surface area contributed by atoms with Crippen molar-refractivity contribution in [1.82, 2.24) is 0 Å². The lowest BCUT2D eigenvalue weighted by Crippen LogP contribution is -2.23. The standard InChI is InChI=1S/C22H26O4/c1-16(2)20(23)13-18-9-10-19(22(3)25-11-12-26-22)21(14-18)24-15-17-7-5-4-6-8-17/h4-10,14,16H,11-13,15H2,1-3H3. The molecular formula is C22H26O4. The van der Waals surface area contributed by atoms with Gasteiger partial charge in [-0.05, 0) is 30.2 Å². The van der Waals surface area contributed by atoms with E-state index in [9.17, 15) is 4.79 Å². The van der Waals surface area contributed by atoms with Gasteiger partial charge in [0.1, 0.15) is 18.1 Å². The van der Waals surface area contributed by atoms with Crippen molar-refractivity contribution in [3.8, 4) is 5.75 Å². The summed E-state index contributed by atoms with van der Waals surface area (Å²) in [6.07, 6.45) is 0.401. The molecule has 0 amide bonds. The first-order valence-electron chi connectivity index (χ1n) is 9.09. The first-order chi connectivity index (χ1) is 12.5. The fraction of sp³-hybridized carbons (Fsp3) is 0.409. The van der Waals surface area contributed by atoms with Crippen LogP contribution in [0.15, 0.2) is 48.5 Å². The van der Waals surface area contributed by atoms with Gasteiger partial charge in [0.05, 0.1) is 18.8 Å². The third-order valence-corrected chi connectivity index (χ3v) is 4.63. The van der Waals surface area contributed by atoms with Crippen molar-refractivity contribution in [2.75, 3.05) is 13.2 Å². The second-order valence-electron chi connectivity index (χ2n) is 7.05. The molecule has 4 nitrogen and oxygen atoms in total. The van der Waals surface area contributed by atoms with Gasteiger partial charge in [-0.3, -0.25) is 4.79 Å². The molecule has 1 heterocycles. The van der Waals surface area contributed by atoms with Crippen LogP contribution in [0.2, 0.25) is 0 Å². The van der Waals surface area contributed by atoms with Gasteiger partial charge >= 0.3 is 0 Å². The van der Waals surface area contributed by atoms with Crippen LogP contribution in [-0.2, 0) is 33.1 Å². The van der Waals surface area contributed by atoms with Crippen molar-refractivity contribution in [2.24, 2.45) is 5.92 Å². The second kappa shape index (κ2) is 8.02. The summed E-state index contributed by atoms with van der Waals surface area (Å²) in [5.41, 5.74) is 2.88. The van der Waals surface area contributed by atoms with E-state index in [2.05, 4.69) is 0 Å². The van der Waals surface area contributed by atoms with Gasteiger partial charge < -0.3 is 14.2 Å². The predicted octanol–water partition coefficient (Wildman–Crippen LogP) is 4.25. The molecule has 0 atom stereocenters. The topological polar surface area (TPSA) is 44.8 Å². The normalized spacial score (nSPS) is 16.0. The third-order valence-electron chi connectivity index (χ3n) is 4.63. The molecule has 1 aliphatic rings. The van der Waals surface area contributed by atoms with Gasteiger partial charge in [0.15, 0.2) is 5.79 Å². The molecule has 26 heavy (non-hydrogen) atoms. The molecule has 0 aliphatic carbocycles. The largest absolute Gasteiger partial charge is 0.488 e. The van der Waals surface area contributed by atoms with Crippen LogP contribution < -0.4 is 4.74 Å². The number of carbonyl (C=O) groups excluding carboxylic acids is 1. The van der Waals surface area contributed by atoms with Crippen LogP contribution in [0.1, 0.15) is 37.5 Å². The van der Waals surface area contributed by atoms with Crippen LogP contribution in [0.5, 0.6) is 5.75 Å². The van der Waals surface area contributed by atoms with Crippen LogP contribution in [0.3, 0.4) is 0 Å². The molecule has 0 radical (unpaired) electrons. The van der Waals surface area contributed by atoms with Gasteiger partial charge in [-0.15, -0.1) is 0 Å². The van der Waals surface area contributed by atoms with Crippen molar-refractivity contribution in [2.45, 2.75) is 39.6 Å². The quantitative estimate of drug-likeness (QED) is 0.745. The number of hydrogen-bond acceptors (Lipinski definition) is 4. The fourth-order valence-electron chi connectivity index (χ4n) is 2.98. The summed E-state index contributed by atoms with van der Waals surface area (Å²) in [6, 6.07) is 15.9. The molecule has 0 spiro atoms. The van der Waals surface area contributed by atoms with E-state index in [1.54, 1.807) is 0 Å². The lowest BCUT2D eigenvalue weighted by atomic mass is 9.97. The van der Waals surface area contributed by atoms with E-state index >= 15 is 0 Å². The first kappa shape index (κ1) is 18.6. The van der Waals surface area contributed by atoms with E-state index in [1.807, 2.05) is 69.3 Å². The van der Waals surface area contributed by atoms with E-state index in [4.69, 9.17) is 14.2 Å². The maximum absolute atomic E-state index is 12.1. The van der Waals surface area contributed by atoms with Crippen LogP contribution in [0, 0.1) is 5.92 Å². The Morgan fingerprint density at radius 2 is 1.77 bits per heavy atom. The SMILES string of the molecule is CC(C)C(=O)Cc1ccc(C2(C)OCCO2)c(OCc2ccccc2)c1. The molecule has 1 aliphatic heterocycles. The molecule has 2 aromatic rings. The summed E-state index contributed by atoms with van der Waals surface area (Å²) in [5, 5.41) is 0. The zero-order valence-corrected chi connectivity index (χ0v) is 15.7. The van der Waals surface area contributed by atoms with Crippen molar-refractivity contribution < 1.29 is 19.0 Å². The van der Waals surface area contributed by atoms with Crippen LogP contribution in [-0.4, -0.2) is 19.0 Å². The van der Waals surface area contributed by atoms with Crippen LogP contribution >= 0.6 is 0 Å². The Kier molecular flexibility index (Phi) is 5.74. The fourth-order valence-corrected chi connectivity index (χ4v) is 2.98. The smallest absolute Gasteiger partial charge is 0.195 e. The maximum Gasteiger partial charge on any atom is 0.195 e. The molecule has 0 N–H and O–H groups in total. The predicted molar refractivity (Wildman–Crippen MR) is 100 cm³/mol. The molecule has 0 aromatic heterocycles. The van der Waals surface area contributed by atoms with Crippen molar-refractivity contribution >= 4 is 5.78 Å². The van der Waals surface area contributed by atoms with Gasteiger partial charge in [-0.2, -0.15) is 0 Å². The maximum atomic E-state index is 12.1. The van der Waals surface area contributed by atoms with E-state index in [0.717, 1.165) is 16.7 Å². The molecule has 0 saturated carbocycles. The van der Waals surface area contributed by atoms with Gasteiger partial charge in [0.25, 0.3) is 0 Å². The van der Waals surface area contributed by atoms with E-state index in [-0.39, 0.29) is 11.7 Å². The number of rotatable bonds is 7. The first-order valence-corrected chi connectivity index (χ1v) is 9.09. The highest BCUT2D eigenvalue weighted by atomic mass is 16.7. The Bertz CT molecular complexity index is 746. The summed E-state index contributed by atoms with van der Waals surface area (Å²) in [5.74, 6) is 0.119. The Labute approximate surface area is 155 Å². The second-order valence-corrected chi connectivity index (χ2v) is 7.05. The number of benzene rings is 2. The van der Waals surface area contributed by atoms with Gasteiger partial charge in [-0.25, -0.2) is 0 Å². The lowest BCUT2D eigenvalue weighted by Gasteiger charge is -2.26. The zero-order valence-electron chi connectivity index (χ0n) is 15.7. The summed E-state index contributed by atoms with van der Waals surface area (Å²) < 4.78 is 17.7. The Morgan fingerprint density at radius 3 is 2.42 bits per heavy atom. The Hall–Kier alpha value is -2.17. The van der Waals surface area contributed by atoms with Crippen molar-refractivity contribution in [1.29, 1.82) is 0 Å². The molecule has 138 valence electrons. The van der Waals surface area contributed by atoms with Crippen LogP contribution in [0.4, 0.5) is 0 Å². The number of ether oxygens (including phenoxy) is 3. The van der Waals surface area contributed by atoms with Gasteiger partial charge in [0, 0.05) is 12.3 Å².